The van der Waals surface area contributed by atoms with Crippen molar-refractivity contribution >= 4 is 17.7 Å². The third-order valence-corrected chi connectivity index (χ3v) is 7.81. The molecule has 2 atom stereocenters. The summed E-state index contributed by atoms with van der Waals surface area (Å²) in [5.41, 5.74) is 1.06. The van der Waals surface area contributed by atoms with Gasteiger partial charge < -0.3 is 9.47 Å². The number of carbonyl (C=O) groups is 1. The molecule has 0 saturated carbocycles. The minimum absolute atomic E-state index is 0.199. The van der Waals surface area contributed by atoms with Crippen LogP contribution in [0, 0.1) is 0 Å². The van der Waals surface area contributed by atoms with E-state index in [2.05, 4.69) is 43.9 Å². The van der Waals surface area contributed by atoms with E-state index in [1.54, 1.807) is 11.8 Å². The Hall–Kier alpha value is -2.60. The van der Waals surface area contributed by atoms with Gasteiger partial charge in [-0.25, -0.2) is 0 Å². The van der Waals surface area contributed by atoms with Crippen molar-refractivity contribution in [3.8, 4) is 0 Å². The van der Waals surface area contributed by atoms with Crippen molar-refractivity contribution in [1.82, 2.24) is 19.7 Å². The normalized spacial score (nSPS) is 19.8. The number of thioether (sulfide) groups is 1. The van der Waals surface area contributed by atoms with Gasteiger partial charge in [0.15, 0.2) is 0 Å². The zero-order valence-electron chi connectivity index (χ0n) is 18.4. The zero-order valence-corrected chi connectivity index (χ0v) is 19.2. The molecule has 166 valence electrons. The molecule has 1 fully saturated rings. The fourth-order valence-corrected chi connectivity index (χ4v) is 6.02. The van der Waals surface area contributed by atoms with E-state index in [0.29, 0.717) is 0 Å². The highest BCUT2D eigenvalue weighted by atomic mass is 32.2. The van der Waals surface area contributed by atoms with E-state index in [1.165, 1.54) is 19.3 Å². The lowest BCUT2D eigenvalue weighted by Gasteiger charge is -2.34. The van der Waals surface area contributed by atoms with Crippen molar-refractivity contribution in [3.05, 3.63) is 77.9 Å². The maximum atomic E-state index is 13.8. The lowest BCUT2D eigenvalue weighted by molar-refractivity contribution is -0.132. The maximum absolute atomic E-state index is 13.8. The number of hydrogen-bond donors (Lipinski definition) is 0. The molecule has 1 aromatic heterocycles. The van der Waals surface area contributed by atoms with E-state index < -0.39 is 0 Å². The second-order valence-electron chi connectivity index (χ2n) is 8.78. The van der Waals surface area contributed by atoms with Crippen LogP contribution in [0.1, 0.15) is 60.5 Å². The Labute approximate surface area is 194 Å². The number of likely N-dealkylation sites (tertiary alicyclic amines) is 1. The van der Waals surface area contributed by atoms with Crippen molar-refractivity contribution < 1.29 is 4.79 Å². The topological polar surface area (TPSA) is 51.0 Å². The summed E-state index contributed by atoms with van der Waals surface area (Å²) >= 11 is 1.64. The largest absolute Gasteiger partial charge is 0.341 e. The van der Waals surface area contributed by atoms with E-state index >= 15 is 0 Å². The third-order valence-electron chi connectivity index (χ3n) is 6.56. The molecule has 0 aliphatic carbocycles. The number of aromatic nitrogens is 3. The second kappa shape index (κ2) is 9.90. The lowest BCUT2D eigenvalue weighted by Crippen LogP contribution is -2.41. The number of nitrogens with zero attached hydrogens (tertiary/aromatic N) is 4. The van der Waals surface area contributed by atoms with Gasteiger partial charge in [0, 0.05) is 36.9 Å². The Morgan fingerprint density at radius 2 is 1.69 bits per heavy atom. The molecule has 2 aliphatic rings. The van der Waals surface area contributed by atoms with E-state index in [0.717, 1.165) is 61.0 Å². The predicted molar refractivity (Wildman–Crippen MR) is 128 cm³/mol. The lowest BCUT2D eigenvalue weighted by atomic mass is 9.96. The van der Waals surface area contributed by atoms with E-state index in [4.69, 9.17) is 0 Å². The Morgan fingerprint density at radius 1 is 0.906 bits per heavy atom. The maximum Gasteiger partial charge on any atom is 0.240 e. The smallest absolute Gasteiger partial charge is 0.240 e. The number of benzene rings is 2. The van der Waals surface area contributed by atoms with Crippen LogP contribution in [0.25, 0.3) is 0 Å². The summed E-state index contributed by atoms with van der Waals surface area (Å²) in [6.07, 6.45) is 6.75. The quantitative estimate of drug-likeness (QED) is 0.503. The van der Waals surface area contributed by atoms with E-state index in [1.807, 2.05) is 36.4 Å². The molecule has 1 saturated heterocycles. The first-order valence-corrected chi connectivity index (χ1v) is 12.6. The Balaban J connectivity index is 1.37. The van der Waals surface area contributed by atoms with Crippen molar-refractivity contribution in [3.63, 3.8) is 0 Å². The van der Waals surface area contributed by atoms with Crippen LogP contribution in [-0.4, -0.2) is 38.7 Å². The number of fused-ring (bicyclic) bond motifs is 1. The van der Waals surface area contributed by atoms with Crippen LogP contribution in [-0.2, 0) is 17.8 Å². The molecule has 3 aromatic rings. The molecule has 0 N–H and O–H groups in total. The van der Waals surface area contributed by atoms with Gasteiger partial charge in [-0.1, -0.05) is 55.0 Å². The number of aryl methyl sites for hydroxylation is 1. The average Bonchev–Trinajstić information content (AvgIpc) is 3.11. The first-order valence-electron chi connectivity index (χ1n) is 11.8. The highest BCUT2D eigenvalue weighted by Gasteiger charge is 2.33. The molecule has 2 aliphatic heterocycles. The highest BCUT2D eigenvalue weighted by Crippen LogP contribution is 2.38. The first-order chi connectivity index (χ1) is 15.8. The molecule has 5 nitrogen and oxygen atoms in total. The molecule has 2 unspecified atom stereocenters. The van der Waals surface area contributed by atoms with Crippen molar-refractivity contribution in [2.24, 2.45) is 0 Å². The number of hydrogen-bond acceptors (Lipinski definition) is 4. The Bertz CT molecular complexity index is 1040. The molecule has 3 heterocycles. The van der Waals surface area contributed by atoms with Gasteiger partial charge in [0.2, 0.25) is 5.91 Å². The van der Waals surface area contributed by atoms with Crippen molar-refractivity contribution in [2.75, 3.05) is 13.1 Å². The highest BCUT2D eigenvalue weighted by molar-refractivity contribution is 8.00. The van der Waals surface area contributed by atoms with Crippen molar-refractivity contribution in [2.45, 2.75) is 61.1 Å². The molecule has 0 spiro atoms. The predicted octanol–water partition coefficient (Wildman–Crippen LogP) is 5.24. The molecular weight excluding hydrogens is 416 g/mol. The van der Waals surface area contributed by atoms with Gasteiger partial charge in [0.25, 0.3) is 0 Å². The first kappa shape index (κ1) is 21.3. The van der Waals surface area contributed by atoms with Crippen LogP contribution in [0.3, 0.4) is 0 Å². The Kier molecular flexibility index (Phi) is 6.58. The van der Waals surface area contributed by atoms with Gasteiger partial charge in [0.1, 0.15) is 16.9 Å². The van der Waals surface area contributed by atoms with Gasteiger partial charge >= 0.3 is 0 Å². The molecule has 2 aromatic carbocycles. The number of rotatable bonds is 5. The summed E-state index contributed by atoms with van der Waals surface area (Å²) in [5, 5.41) is 8.86. The average molecular weight is 447 g/mol. The van der Waals surface area contributed by atoms with E-state index in [-0.39, 0.29) is 17.1 Å². The Morgan fingerprint density at radius 3 is 2.50 bits per heavy atom. The number of amides is 1. The van der Waals surface area contributed by atoms with Gasteiger partial charge in [-0.05, 0) is 43.4 Å². The third kappa shape index (κ3) is 4.60. The molecule has 0 radical (unpaired) electrons. The zero-order chi connectivity index (χ0) is 21.8. The van der Waals surface area contributed by atoms with Crippen LogP contribution >= 0.6 is 11.8 Å². The summed E-state index contributed by atoms with van der Waals surface area (Å²) in [4.78, 5) is 17.0. The number of carbonyl (C=O) groups excluding carboxylic acids is 1. The summed E-state index contributed by atoms with van der Waals surface area (Å²) in [7, 11) is 0. The van der Waals surface area contributed by atoms with Crippen LogP contribution in [0.2, 0.25) is 0 Å². The molecular formula is C26H30N4OS. The molecule has 5 rings (SSSR count). The van der Waals surface area contributed by atoms with Crippen LogP contribution in [0.15, 0.2) is 65.6 Å². The summed E-state index contributed by atoms with van der Waals surface area (Å²) in [6.45, 7) is 2.56. The minimum atomic E-state index is -0.243. The SMILES string of the molecule is O=C(C(Sc1ccccc1)c1ccccc1)N1CCCC(c2nnc3n2CCCCC3)C1. The van der Waals surface area contributed by atoms with Crippen LogP contribution in [0.5, 0.6) is 0 Å². The molecule has 1 amide bonds. The fraction of sp³-hybridized carbons (Fsp3) is 0.423. The standard InChI is InChI=1S/C26H30N4OS/c31-26(24(20-11-4-1-5-12-20)32-22-14-6-2-7-15-22)29-17-10-13-21(19-29)25-28-27-23-16-8-3-9-18-30(23)25/h1-2,4-7,11-12,14-15,21,24H,3,8-10,13,16-19H2. The summed E-state index contributed by atoms with van der Waals surface area (Å²) in [6, 6.07) is 20.4. The van der Waals surface area contributed by atoms with E-state index in [9.17, 15) is 4.79 Å². The van der Waals surface area contributed by atoms with Gasteiger partial charge in [0.05, 0.1) is 0 Å². The monoisotopic (exact) mass is 446 g/mol. The fourth-order valence-electron chi connectivity index (χ4n) is 4.89. The van der Waals surface area contributed by atoms with Gasteiger partial charge in [-0.15, -0.1) is 22.0 Å². The van der Waals surface area contributed by atoms with Crippen molar-refractivity contribution in [1.29, 1.82) is 0 Å². The van der Waals surface area contributed by atoms with Crippen LogP contribution < -0.4 is 0 Å². The molecule has 32 heavy (non-hydrogen) atoms. The van der Waals surface area contributed by atoms with Gasteiger partial charge in [-0.2, -0.15) is 0 Å². The van der Waals surface area contributed by atoms with Crippen LogP contribution in [0.4, 0.5) is 0 Å². The number of piperidine rings is 1. The summed E-state index contributed by atoms with van der Waals surface area (Å²) in [5.74, 6) is 2.68. The molecule has 0 bridgehead atoms. The second-order valence-corrected chi connectivity index (χ2v) is 9.96. The molecule has 6 heteroatoms. The summed E-state index contributed by atoms with van der Waals surface area (Å²) < 4.78 is 2.35. The minimum Gasteiger partial charge on any atom is -0.341 e. The van der Waals surface area contributed by atoms with Gasteiger partial charge in [-0.3, -0.25) is 4.79 Å².